The number of hydrogen-bond donors (Lipinski definition) is 0. The first-order valence-corrected chi connectivity index (χ1v) is 23.8. The molecule has 0 fully saturated rings. The van der Waals surface area contributed by atoms with Crippen LogP contribution in [0.4, 0.5) is 0 Å². The molecule has 5 heteroatoms. The summed E-state index contributed by atoms with van der Waals surface area (Å²) in [5.41, 5.74) is 0. The number of allylic oxidation sites excluding steroid dienone is 16. The number of esters is 2. The second-order valence-corrected chi connectivity index (χ2v) is 15.3. The molecule has 0 aromatic rings. The molecule has 1 unspecified atom stereocenters. The minimum atomic E-state index is -0.583. The molecule has 0 heterocycles. The van der Waals surface area contributed by atoms with Gasteiger partial charge in [-0.3, -0.25) is 9.59 Å². The number of rotatable bonds is 42. The molecule has 0 radical (unpaired) electrons. The van der Waals surface area contributed by atoms with Crippen molar-refractivity contribution in [1.29, 1.82) is 0 Å². The van der Waals surface area contributed by atoms with Crippen LogP contribution in [0.5, 0.6) is 0 Å². The standard InChI is InChI=1S/C53H88O5/c1-4-7-10-13-16-19-22-25-26-27-30-33-36-39-42-45-48-56-49-51(58-53(55)47-44-41-38-35-32-29-24-21-18-15-12-9-6-3)50-57-52(54)46-43-40-37-34-31-28-23-20-17-14-11-8-5-2/h7-8,10-11,16-17,19-20,25-26,28,30-31,33,37,40,51H,4-6,9,12-15,18,21-24,27,29,32,34-36,38-39,41-50H2,1-3H3/b10-7-,11-8-,19-16-,20-17-,26-25-,31-28-,33-30-,40-37-. The van der Waals surface area contributed by atoms with Crippen LogP contribution in [0.1, 0.15) is 201 Å². The van der Waals surface area contributed by atoms with Gasteiger partial charge in [-0.1, -0.05) is 201 Å². The van der Waals surface area contributed by atoms with Crippen LogP contribution >= 0.6 is 0 Å². The van der Waals surface area contributed by atoms with Crippen molar-refractivity contribution < 1.29 is 23.8 Å². The Kier molecular flexibility index (Phi) is 45.5. The zero-order valence-electron chi connectivity index (χ0n) is 37.8. The van der Waals surface area contributed by atoms with Gasteiger partial charge in [0.15, 0.2) is 6.10 Å². The van der Waals surface area contributed by atoms with Crippen LogP contribution in [0.2, 0.25) is 0 Å². The average Bonchev–Trinajstić information content (AvgIpc) is 3.22. The summed E-state index contributed by atoms with van der Waals surface area (Å²) in [6, 6.07) is 0. The van der Waals surface area contributed by atoms with E-state index in [1.807, 2.05) is 6.08 Å². The molecular weight excluding hydrogens is 717 g/mol. The average molecular weight is 805 g/mol. The Balaban J connectivity index is 4.42. The van der Waals surface area contributed by atoms with Gasteiger partial charge in [0.1, 0.15) is 6.61 Å². The minimum Gasteiger partial charge on any atom is -0.462 e. The number of carbonyl (C=O) groups is 2. The van der Waals surface area contributed by atoms with Gasteiger partial charge in [-0.2, -0.15) is 0 Å². The van der Waals surface area contributed by atoms with Crippen LogP contribution in [0, 0.1) is 0 Å². The van der Waals surface area contributed by atoms with Gasteiger partial charge >= 0.3 is 11.9 Å². The van der Waals surface area contributed by atoms with Crippen molar-refractivity contribution in [3.05, 3.63) is 97.2 Å². The summed E-state index contributed by atoms with van der Waals surface area (Å²) in [4.78, 5) is 25.3. The molecule has 0 saturated heterocycles. The quantitative estimate of drug-likeness (QED) is 0.0349. The Morgan fingerprint density at radius 3 is 1.29 bits per heavy atom. The second kappa shape index (κ2) is 48.2. The van der Waals surface area contributed by atoms with Gasteiger partial charge in [0, 0.05) is 19.4 Å². The number of carbonyl (C=O) groups excluding carboxylic acids is 2. The number of hydrogen-bond acceptors (Lipinski definition) is 5. The molecule has 58 heavy (non-hydrogen) atoms. The molecular formula is C53H88O5. The maximum atomic E-state index is 12.7. The molecule has 0 aromatic carbocycles. The van der Waals surface area contributed by atoms with Crippen molar-refractivity contribution in [2.75, 3.05) is 19.8 Å². The van der Waals surface area contributed by atoms with Gasteiger partial charge in [-0.05, 0) is 83.5 Å². The van der Waals surface area contributed by atoms with E-state index < -0.39 is 6.10 Å². The normalized spacial score (nSPS) is 13.1. The van der Waals surface area contributed by atoms with Crippen LogP contribution in [-0.2, 0) is 23.8 Å². The van der Waals surface area contributed by atoms with E-state index >= 15 is 0 Å². The van der Waals surface area contributed by atoms with Crippen molar-refractivity contribution in [2.24, 2.45) is 0 Å². The first kappa shape index (κ1) is 54.8. The van der Waals surface area contributed by atoms with Gasteiger partial charge in [-0.25, -0.2) is 0 Å². The molecule has 0 aliphatic rings. The zero-order chi connectivity index (χ0) is 42.1. The zero-order valence-corrected chi connectivity index (χ0v) is 37.8. The summed E-state index contributed by atoms with van der Waals surface area (Å²) >= 11 is 0. The third-order valence-corrected chi connectivity index (χ3v) is 9.63. The van der Waals surface area contributed by atoms with Gasteiger partial charge in [0.25, 0.3) is 0 Å². The summed E-state index contributed by atoms with van der Waals surface area (Å²) in [6.45, 7) is 7.44. The maximum absolute atomic E-state index is 12.7. The van der Waals surface area contributed by atoms with Crippen molar-refractivity contribution in [2.45, 2.75) is 207 Å². The first-order valence-electron chi connectivity index (χ1n) is 23.8. The molecule has 1 atom stereocenters. The third-order valence-electron chi connectivity index (χ3n) is 9.63. The van der Waals surface area contributed by atoms with Crippen LogP contribution < -0.4 is 0 Å². The molecule has 0 N–H and O–H groups in total. The number of unbranched alkanes of at least 4 members (excludes halogenated alkanes) is 15. The van der Waals surface area contributed by atoms with Crippen LogP contribution in [-0.4, -0.2) is 37.9 Å². The summed E-state index contributed by atoms with van der Waals surface area (Å²) in [5, 5.41) is 0. The minimum absolute atomic E-state index is 0.0310. The lowest BCUT2D eigenvalue weighted by Gasteiger charge is -2.18. The molecule has 0 bridgehead atoms. The topological polar surface area (TPSA) is 61.8 Å². The predicted molar refractivity (Wildman–Crippen MR) is 251 cm³/mol. The summed E-state index contributed by atoms with van der Waals surface area (Å²) in [7, 11) is 0. The Bertz CT molecular complexity index is 1140. The maximum Gasteiger partial charge on any atom is 0.306 e. The lowest BCUT2D eigenvalue weighted by Crippen LogP contribution is -2.30. The Morgan fingerprint density at radius 1 is 0.397 bits per heavy atom. The fourth-order valence-electron chi connectivity index (χ4n) is 6.16. The monoisotopic (exact) mass is 805 g/mol. The highest BCUT2D eigenvalue weighted by Gasteiger charge is 2.17. The molecule has 330 valence electrons. The highest BCUT2D eigenvalue weighted by Crippen LogP contribution is 2.14. The fourth-order valence-corrected chi connectivity index (χ4v) is 6.16. The van der Waals surface area contributed by atoms with Crippen LogP contribution in [0.25, 0.3) is 0 Å². The van der Waals surface area contributed by atoms with Crippen LogP contribution in [0.3, 0.4) is 0 Å². The molecule has 0 rings (SSSR count). The van der Waals surface area contributed by atoms with Gasteiger partial charge in [0.05, 0.1) is 6.61 Å². The van der Waals surface area contributed by atoms with Gasteiger partial charge in [-0.15, -0.1) is 0 Å². The molecule has 0 spiro atoms. The van der Waals surface area contributed by atoms with Crippen molar-refractivity contribution in [1.82, 2.24) is 0 Å². The summed E-state index contributed by atoms with van der Waals surface area (Å²) in [5.74, 6) is -0.513. The van der Waals surface area contributed by atoms with E-state index in [1.165, 1.54) is 64.2 Å². The van der Waals surface area contributed by atoms with Crippen molar-refractivity contribution >= 4 is 11.9 Å². The van der Waals surface area contributed by atoms with E-state index in [-0.39, 0.29) is 25.2 Å². The highest BCUT2D eigenvalue weighted by molar-refractivity contribution is 5.70. The van der Waals surface area contributed by atoms with Crippen LogP contribution in [0.15, 0.2) is 97.2 Å². The third kappa shape index (κ3) is 45.5. The lowest BCUT2D eigenvalue weighted by atomic mass is 10.0. The van der Waals surface area contributed by atoms with E-state index in [9.17, 15) is 9.59 Å². The molecule has 0 aliphatic carbocycles. The SMILES string of the molecule is CC/C=C\C/C=C\C/C=C\C/C=C\CCCCCOCC(COC(=O)CC/C=C\C/C=C\C/C=C\C/C=C\CC)OC(=O)CCCCCCCCCCCCCCC. The Labute approximate surface area is 358 Å². The van der Waals surface area contributed by atoms with Gasteiger partial charge < -0.3 is 14.2 Å². The summed E-state index contributed by atoms with van der Waals surface area (Å²) < 4.78 is 17.2. The van der Waals surface area contributed by atoms with E-state index in [2.05, 4.69) is 112 Å². The molecule has 5 nitrogen and oxygen atoms in total. The van der Waals surface area contributed by atoms with Crippen molar-refractivity contribution in [3.8, 4) is 0 Å². The molecule has 0 amide bonds. The Hall–Kier alpha value is -3.18. The molecule has 0 aliphatic heterocycles. The van der Waals surface area contributed by atoms with E-state index in [4.69, 9.17) is 14.2 Å². The fraction of sp³-hybridized carbons (Fsp3) is 0.660. The Morgan fingerprint density at radius 2 is 0.810 bits per heavy atom. The first-order chi connectivity index (χ1) is 28.6. The van der Waals surface area contributed by atoms with Crippen molar-refractivity contribution in [3.63, 3.8) is 0 Å². The second-order valence-electron chi connectivity index (χ2n) is 15.3. The molecule has 0 aromatic heterocycles. The van der Waals surface area contributed by atoms with E-state index in [0.717, 1.165) is 96.3 Å². The lowest BCUT2D eigenvalue weighted by molar-refractivity contribution is -0.162. The molecule has 0 saturated carbocycles. The smallest absolute Gasteiger partial charge is 0.306 e. The van der Waals surface area contributed by atoms with Gasteiger partial charge in [0.2, 0.25) is 0 Å². The van der Waals surface area contributed by atoms with E-state index in [0.29, 0.717) is 25.9 Å². The highest BCUT2D eigenvalue weighted by atomic mass is 16.6. The summed E-state index contributed by atoms with van der Waals surface area (Å²) in [6.07, 6.45) is 64.2. The predicted octanol–water partition coefficient (Wildman–Crippen LogP) is 15.9. The largest absolute Gasteiger partial charge is 0.462 e. The van der Waals surface area contributed by atoms with E-state index in [1.54, 1.807) is 0 Å². The number of ether oxygens (including phenoxy) is 3.